The summed E-state index contributed by atoms with van der Waals surface area (Å²) in [5.74, 6) is 1.19. The maximum absolute atomic E-state index is 12.4. The first-order chi connectivity index (χ1) is 18.7. The van der Waals surface area contributed by atoms with Crippen LogP contribution in [-0.2, 0) is 14.9 Å². The Kier molecular flexibility index (Phi) is 8.57. The largest absolute Gasteiger partial charge is 0.461 e. The molecule has 1 heterocycles. The van der Waals surface area contributed by atoms with Crippen LogP contribution in [0.15, 0.2) is 41.6 Å². The Morgan fingerprint density at radius 1 is 1.28 bits per heavy atom. The lowest BCUT2D eigenvalue weighted by Crippen LogP contribution is -2.34. The summed E-state index contributed by atoms with van der Waals surface area (Å²) in [6, 6.07) is 0. The molecule has 39 heavy (non-hydrogen) atoms. The molecule has 0 amide bonds. The second-order valence-corrected chi connectivity index (χ2v) is 14.2. The second kappa shape index (κ2) is 11.6. The highest BCUT2D eigenvalue weighted by Crippen LogP contribution is 2.59. The van der Waals surface area contributed by atoms with E-state index in [0.29, 0.717) is 36.5 Å². The molecule has 0 aromatic carbocycles. The highest BCUT2D eigenvalue weighted by molar-refractivity contribution is 7.11. The Bertz CT molecular complexity index is 1130. The smallest absolute Gasteiger partial charge is 0.305 e. The van der Waals surface area contributed by atoms with Crippen molar-refractivity contribution in [1.82, 2.24) is 4.98 Å². The molecule has 4 aliphatic rings. The number of hydrogen-bond acceptors (Lipinski definition) is 6. The molecule has 4 aliphatic carbocycles. The van der Waals surface area contributed by atoms with Crippen LogP contribution in [0.5, 0.6) is 0 Å². The molecule has 0 spiro atoms. The summed E-state index contributed by atoms with van der Waals surface area (Å²) >= 11 is 1.76. The fourth-order valence-electron chi connectivity index (χ4n) is 7.92. The summed E-state index contributed by atoms with van der Waals surface area (Å²) in [5.41, 5.74) is 3.54. The molecule has 0 aliphatic heterocycles. The summed E-state index contributed by atoms with van der Waals surface area (Å²) < 4.78 is 6.09. The standard InChI is InChI=1S/C33H47NO4S/c1-5-30(37)38-29(33(16-17-33)31-34-20-21(2)39-31)10-6-9-25-13-14-27-23(8-7-15-32(25,27)4)11-12-24-18-26(35)19-28(36)22(24)3/h11-12,20,25-29,35-36H,3,5-10,13-19H2,1-2,4H3/b23-11+,24-12-/t25?,26-,27?,28+,29?,32?/m1/s1. The predicted octanol–water partition coefficient (Wildman–Crippen LogP) is 7.12. The van der Waals surface area contributed by atoms with Crippen molar-refractivity contribution in [2.24, 2.45) is 17.3 Å². The molecule has 2 N–H and O–H groups in total. The van der Waals surface area contributed by atoms with Gasteiger partial charge in [-0.1, -0.05) is 38.2 Å². The van der Waals surface area contributed by atoms with Gasteiger partial charge in [-0.15, -0.1) is 11.3 Å². The molecule has 0 saturated heterocycles. The van der Waals surface area contributed by atoms with Crippen LogP contribution in [0.25, 0.3) is 0 Å². The van der Waals surface area contributed by atoms with Gasteiger partial charge < -0.3 is 14.9 Å². The third-order valence-electron chi connectivity index (χ3n) is 10.5. The minimum Gasteiger partial charge on any atom is -0.461 e. The van der Waals surface area contributed by atoms with Gasteiger partial charge in [-0.2, -0.15) is 0 Å². The van der Waals surface area contributed by atoms with Crippen LogP contribution in [0.3, 0.4) is 0 Å². The van der Waals surface area contributed by atoms with Crippen LogP contribution in [0.1, 0.15) is 107 Å². The molecule has 6 atom stereocenters. The molecule has 214 valence electrons. The van der Waals surface area contributed by atoms with Gasteiger partial charge in [0.25, 0.3) is 0 Å². The molecule has 0 bridgehead atoms. The van der Waals surface area contributed by atoms with Crippen LogP contribution < -0.4 is 0 Å². The van der Waals surface area contributed by atoms with Gasteiger partial charge in [-0.25, -0.2) is 4.98 Å². The lowest BCUT2D eigenvalue weighted by atomic mass is 9.62. The number of carbonyl (C=O) groups is 1. The number of aromatic nitrogens is 1. The number of aliphatic hydroxyl groups is 2. The summed E-state index contributed by atoms with van der Waals surface area (Å²) in [6.07, 6.45) is 18.0. The third-order valence-corrected chi connectivity index (χ3v) is 11.6. The Morgan fingerprint density at radius 3 is 2.77 bits per heavy atom. The molecular weight excluding hydrogens is 506 g/mol. The van der Waals surface area contributed by atoms with E-state index < -0.39 is 12.2 Å². The molecule has 0 radical (unpaired) electrons. The number of fused-ring (bicyclic) bond motifs is 1. The maximum Gasteiger partial charge on any atom is 0.305 e. The fourth-order valence-corrected chi connectivity index (χ4v) is 8.97. The van der Waals surface area contributed by atoms with Gasteiger partial charge in [0.05, 0.1) is 17.6 Å². The van der Waals surface area contributed by atoms with Gasteiger partial charge in [-0.05, 0) is 106 Å². The van der Waals surface area contributed by atoms with Gasteiger partial charge in [0.2, 0.25) is 0 Å². The number of aryl methyl sites for hydroxylation is 1. The van der Waals surface area contributed by atoms with E-state index in [1.807, 2.05) is 13.1 Å². The monoisotopic (exact) mass is 553 g/mol. The zero-order valence-electron chi connectivity index (χ0n) is 24.1. The number of aliphatic hydroxyl groups excluding tert-OH is 2. The highest BCUT2D eigenvalue weighted by Gasteiger charge is 2.55. The zero-order chi connectivity index (χ0) is 27.8. The Labute approximate surface area is 238 Å². The first-order valence-electron chi connectivity index (χ1n) is 15.2. The molecular formula is C33H47NO4S. The van der Waals surface area contributed by atoms with E-state index in [9.17, 15) is 15.0 Å². The van der Waals surface area contributed by atoms with Gasteiger partial charge in [0, 0.05) is 23.9 Å². The molecule has 5 rings (SSSR count). The van der Waals surface area contributed by atoms with E-state index in [0.717, 1.165) is 48.3 Å². The molecule has 5 nitrogen and oxygen atoms in total. The van der Waals surface area contributed by atoms with E-state index in [4.69, 9.17) is 9.72 Å². The van der Waals surface area contributed by atoms with Crippen molar-refractivity contribution in [3.8, 4) is 0 Å². The normalized spacial score (nSPS) is 34.7. The number of rotatable bonds is 9. The van der Waals surface area contributed by atoms with Gasteiger partial charge in [-0.3, -0.25) is 4.79 Å². The third kappa shape index (κ3) is 5.85. The number of allylic oxidation sites excluding steroid dienone is 3. The number of thiazole rings is 1. The molecule has 4 fully saturated rings. The molecule has 4 saturated carbocycles. The van der Waals surface area contributed by atoms with E-state index in [-0.39, 0.29) is 17.5 Å². The average Bonchev–Trinajstić information content (AvgIpc) is 3.48. The molecule has 4 unspecified atom stereocenters. The van der Waals surface area contributed by atoms with Crippen molar-refractivity contribution in [1.29, 1.82) is 0 Å². The van der Waals surface area contributed by atoms with Gasteiger partial charge >= 0.3 is 5.97 Å². The number of esters is 1. The van der Waals surface area contributed by atoms with E-state index in [2.05, 4.69) is 32.6 Å². The lowest BCUT2D eigenvalue weighted by molar-refractivity contribution is -0.151. The first kappa shape index (κ1) is 28.8. The number of hydrogen-bond donors (Lipinski definition) is 2. The zero-order valence-corrected chi connectivity index (χ0v) is 24.9. The van der Waals surface area contributed by atoms with E-state index >= 15 is 0 Å². The molecule has 1 aromatic rings. The van der Waals surface area contributed by atoms with Crippen LogP contribution in [0.4, 0.5) is 0 Å². The van der Waals surface area contributed by atoms with Crippen molar-refractivity contribution < 1.29 is 19.7 Å². The summed E-state index contributed by atoms with van der Waals surface area (Å²) in [7, 11) is 0. The van der Waals surface area contributed by atoms with Crippen molar-refractivity contribution in [2.45, 2.75) is 128 Å². The van der Waals surface area contributed by atoms with Crippen molar-refractivity contribution in [2.75, 3.05) is 0 Å². The highest BCUT2D eigenvalue weighted by atomic mass is 32.1. The fraction of sp³-hybridized carbons (Fsp3) is 0.697. The summed E-state index contributed by atoms with van der Waals surface area (Å²) in [4.78, 5) is 18.3. The quantitative estimate of drug-likeness (QED) is 0.318. The topological polar surface area (TPSA) is 79.7 Å². The van der Waals surface area contributed by atoms with Gasteiger partial charge in [0.1, 0.15) is 11.1 Å². The van der Waals surface area contributed by atoms with Crippen molar-refractivity contribution in [3.05, 3.63) is 51.5 Å². The maximum atomic E-state index is 12.4. The Hall–Kier alpha value is -1.76. The summed E-state index contributed by atoms with van der Waals surface area (Å²) in [6.45, 7) is 10.6. The van der Waals surface area contributed by atoms with Crippen LogP contribution in [0.2, 0.25) is 0 Å². The number of ether oxygens (including phenoxy) is 1. The van der Waals surface area contributed by atoms with E-state index in [1.54, 1.807) is 11.3 Å². The minimum absolute atomic E-state index is 0.0651. The first-order valence-corrected chi connectivity index (χ1v) is 16.0. The van der Waals surface area contributed by atoms with Crippen LogP contribution in [-0.4, -0.2) is 39.5 Å². The molecule has 6 heteroatoms. The van der Waals surface area contributed by atoms with E-state index in [1.165, 1.54) is 42.6 Å². The van der Waals surface area contributed by atoms with Gasteiger partial charge in [0.15, 0.2) is 0 Å². The number of nitrogens with zero attached hydrogens (tertiary/aromatic N) is 1. The SMILES string of the molecule is C=C1/C(=C\C=C2/CCCC3(C)C(CCCC(OC(=O)CC)C4(c5ncc(C)s5)CC4)CCC23)C[C@@H](O)C[C@@H]1O. The predicted molar refractivity (Wildman–Crippen MR) is 157 cm³/mol. The minimum atomic E-state index is -0.638. The second-order valence-electron chi connectivity index (χ2n) is 12.9. The average molecular weight is 554 g/mol. The number of carbonyl (C=O) groups excluding carboxylic acids is 1. The summed E-state index contributed by atoms with van der Waals surface area (Å²) in [5, 5.41) is 21.5. The molecule has 1 aromatic heterocycles. The lowest BCUT2D eigenvalue weighted by Gasteiger charge is -2.42. The van der Waals surface area contributed by atoms with Crippen molar-refractivity contribution >= 4 is 17.3 Å². The van der Waals surface area contributed by atoms with Crippen molar-refractivity contribution in [3.63, 3.8) is 0 Å². The van der Waals surface area contributed by atoms with Crippen LogP contribution in [0, 0.1) is 24.2 Å². The van der Waals surface area contributed by atoms with Crippen LogP contribution >= 0.6 is 11.3 Å². The Morgan fingerprint density at radius 2 is 2.08 bits per heavy atom. The Balaban J connectivity index is 1.24.